The van der Waals surface area contributed by atoms with Crippen LogP contribution in [0.1, 0.15) is 80.3 Å². The van der Waals surface area contributed by atoms with Gasteiger partial charge in [0.1, 0.15) is 83.7 Å². The SMILES string of the molecule is CC(C)C[C@@H]1NC(=O)[C@H](Cc2ccccc2)N(C)C(=O)[C@H](Cc2ccc(O)cc2)NC(=O)[C@H](Cc2c[nH]c3ccccc23)NC(=O)CNC(=O)[C@H](CO)NC(=O)[C@H](Cc2ccc(O)cc2)NC(=O)[C@H](C(C)C)NC(=O)[C@H](CCC(=O)O)NC(=O)[C@H](Cc2ccc(O)cc2)NC(=O)[C@H](Cc2ccccc2)NC(=O)CSC[C@@H](C(=O)NCC(N)=O)NC1=O. The van der Waals surface area contributed by atoms with Crippen molar-refractivity contribution in [1.29, 1.82) is 0 Å². The summed E-state index contributed by atoms with van der Waals surface area (Å²) in [4.78, 5) is 221. The molecular formula is C85H103N15O20S. The second kappa shape index (κ2) is 45.5. The van der Waals surface area contributed by atoms with E-state index in [4.69, 9.17) is 5.73 Å². The zero-order valence-corrected chi connectivity index (χ0v) is 68.1. The molecule has 0 spiro atoms. The first kappa shape index (κ1) is 93.1. The molecule has 1 aliphatic rings. The van der Waals surface area contributed by atoms with Crippen LogP contribution in [0.15, 0.2) is 164 Å². The number of aromatic hydroxyl groups is 3. The van der Waals surface area contributed by atoms with Crippen LogP contribution in [0.25, 0.3) is 10.9 Å². The molecule has 20 N–H and O–H groups in total. The number of likely N-dealkylation sites (N-methyl/N-ethyl adjacent to an activating group) is 1. The number of primary amides is 1. The zero-order chi connectivity index (χ0) is 88.0. The molecule has 7 aromatic rings. The third kappa shape index (κ3) is 29.3. The van der Waals surface area contributed by atoms with E-state index >= 15 is 14.4 Å². The Kier molecular flexibility index (Phi) is 35.0. The topological polar surface area (TPSA) is 547 Å². The first-order valence-electron chi connectivity index (χ1n) is 39.2. The molecule has 1 aliphatic heterocycles. The molecule has 0 saturated carbocycles. The highest BCUT2D eigenvalue weighted by atomic mass is 32.2. The molecular weight excluding hydrogens is 1580 g/mol. The number of carbonyl (C=O) groups excluding carboxylic acids is 14. The summed E-state index contributed by atoms with van der Waals surface area (Å²) in [5, 5.41) is 83.1. The predicted molar refractivity (Wildman–Crippen MR) is 444 cm³/mol. The number of nitrogens with two attached hydrogens (primary N) is 1. The number of aliphatic hydroxyl groups excluding tert-OH is 1. The fraction of sp³-hybridized carbons (Fsp3) is 0.376. The lowest BCUT2D eigenvalue weighted by Gasteiger charge is -2.33. The van der Waals surface area contributed by atoms with E-state index < -0.39 is 205 Å². The normalized spacial score (nSPS) is 22.0. The number of hydrogen-bond acceptors (Lipinski definition) is 20. The Morgan fingerprint density at radius 2 is 0.917 bits per heavy atom. The number of fused-ring (bicyclic) bond motifs is 1. The number of nitrogens with one attached hydrogen (secondary N) is 13. The third-order valence-electron chi connectivity index (χ3n) is 19.8. The minimum Gasteiger partial charge on any atom is -0.508 e. The van der Waals surface area contributed by atoms with Gasteiger partial charge in [0.15, 0.2) is 0 Å². The number of carboxylic acids is 1. The lowest BCUT2D eigenvalue weighted by molar-refractivity contribution is -0.143. The summed E-state index contributed by atoms with van der Waals surface area (Å²) in [5.74, 6) is -18.0. The van der Waals surface area contributed by atoms with E-state index in [0.29, 0.717) is 44.3 Å². The van der Waals surface area contributed by atoms with Crippen LogP contribution in [0.5, 0.6) is 17.2 Å². The fourth-order valence-electron chi connectivity index (χ4n) is 13.3. The van der Waals surface area contributed by atoms with E-state index in [-0.39, 0.29) is 68.1 Å². The zero-order valence-electron chi connectivity index (χ0n) is 67.3. The molecule has 0 aliphatic carbocycles. The number of thioether (sulfide) groups is 1. The molecule has 14 amide bonds. The van der Waals surface area contributed by atoms with Gasteiger partial charge in [-0.1, -0.05) is 143 Å². The van der Waals surface area contributed by atoms with Gasteiger partial charge in [0.2, 0.25) is 82.7 Å². The van der Waals surface area contributed by atoms with Crippen molar-refractivity contribution in [3.63, 3.8) is 0 Å². The highest BCUT2D eigenvalue weighted by Crippen LogP contribution is 2.23. The fourth-order valence-corrected chi connectivity index (χ4v) is 14.1. The van der Waals surface area contributed by atoms with Crippen LogP contribution in [-0.4, -0.2) is 229 Å². The average Bonchev–Trinajstić information content (AvgIpc) is 1.81. The van der Waals surface area contributed by atoms with E-state index in [2.05, 4.69) is 68.8 Å². The molecule has 644 valence electrons. The molecule has 0 bridgehead atoms. The minimum atomic E-state index is -1.87. The number of carboxylic acid groups (broad SMARTS) is 1. The first-order chi connectivity index (χ1) is 57.7. The number of aromatic nitrogens is 1. The van der Waals surface area contributed by atoms with E-state index in [1.165, 1.54) is 93.7 Å². The number of para-hydroxylation sites is 1. The van der Waals surface area contributed by atoms with Gasteiger partial charge in [-0.15, -0.1) is 11.8 Å². The summed E-state index contributed by atoms with van der Waals surface area (Å²) < 4.78 is 0. The van der Waals surface area contributed by atoms with Crippen LogP contribution in [0.4, 0.5) is 0 Å². The van der Waals surface area contributed by atoms with Gasteiger partial charge in [-0.25, -0.2) is 0 Å². The highest BCUT2D eigenvalue weighted by Gasteiger charge is 2.40. The molecule has 8 rings (SSSR count). The van der Waals surface area contributed by atoms with E-state index in [1.807, 2.05) is 0 Å². The lowest BCUT2D eigenvalue weighted by Crippen LogP contribution is -2.61. The van der Waals surface area contributed by atoms with Crippen molar-refractivity contribution < 1.29 is 97.5 Å². The van der Waals surface area contributed by atoms with Crippen LogP contribution in [0, 0.1) is 11.8 Å². The molecule has 1 saturated heterocycles. The maximum absolute atomic E-state index is 15.6. The standard InChI is InChI=1S/C85H103N15O20S/c1-47(2)34-61-78(113)98-68(76(111)88-42-70(86)105)45-121-46-72(107)91-62(35-49-14-8-6-9-15-49)79(114)93-63(36-51-20-26-55(102)27-21-51)80(115)92-60(32-33-73(108)109)77(112)99-74(48(3)4)84(119)95-64(37-52-22-28-56(103)29-23-52)81(116)97-67(44-101)75(110)89-43-71(106)90-65(40-54-41-87-59-19-13-12-18-58(54)59)82(117)96-66(38-53-24-30-57(104)31-25-53)85(120)100(5)69(83(118)94-61)39-50-16-10-7-11-17-50/h6-31,41,47-48,60-69,74,87,101-104H,32-40,42-46H2,1-5H3,(H2,86,105)(H,88,111)(H,89,110)(H,90,106)(H,91,107)(H,92,115)(H,93,114)(H,94,118)(H,95,119)(H,96,117)(H,97,116)(H,98,113)(H,99,112)(H,108,109)/t60-,61-,62-,63-,64-,65-,66-,67-,68-,69-,74-/m0/s1. The van der Waals surface area contributed by atoms with Crippen molar-refractivity contribution in [2.45, 2.75) is 152 Å². The Balaban J connectivity index is 1.20. The number of aliphatic carboxylic acids is 1. The van der Waals surface area contributed by atoms with Crippen LogP contribution in [-0.2, 0) is 110 Å². The molecule has 11 atom stereocenters. The number of H-pyrrole nitrogens is 1. The van der Waals surface area contributed by atoms with Crippen molar-refractivity contribution in [2.24, 2.45) is 17.6 Å². The van der Waals surface area contributed by atoms with E-state index in [9.17, 15) is 83.1 Å². The van der Waals surface area contributed by atoms with Crippen molar-refractivity contribution in [3.8, 4) is 17.2 Å². The number of aromatic amines is 1. The van der Waals surface area contributed by atoms with Gasteiger partial charge in [0.05, 0.1) is 25.4 Å². The van der Waals surface area contributed by atoms with Gasteiger partial charge in [-0.3, -0.25) is 71.9 Å². The quantitative estimate of drug-likeness (QED) is 0.0416. The Bertz CT molecular complexity index is 4790. The molecule has 0 unspecified atom stereocenters. The van der Waals surface area contributed by atoms with Gasteiger partial charge in [-0.05, 0) is 101 Å². The Morgan fingerprint density at radius 1 is 0.479 bits per heavy atom. The maximum Gasteiger partial charge on any atom is 0.303 e. The Hall–Kier alpha value is -13.4. The number of carbonyl (C=O) groups is 15. The van der Waals surface area contributed by atoms with Gasteiger partial charge in [0.25, 0.3) is 0 Å². The molecule has 121 heavy (non-hydrogen) atoms. The monoisotopic (exact) mass is 1690 g/mol. The van der Waals surface area contributed by atoms with Gasteiger partial charge in [-0.2, -0.15) is 0 Å². The largest absolute Gasteiger partial charge is 0.508 e. The van der Waals surface area contributed by atoms with E-state index in [0.717, 1.165) is 16.7 Å². The summed E-state index contributed by atoms with van der Waals surface area (Å²) >= 11 is 0.787. The summed E-state index contributed by atoms with van der Waals surface area (Å²) in [5.41, 5.74) is 8.66. The molecule has 0 radical (unpaired) electrons. The predicted octanol–water partition coefficient (Wildman–Crippen LogP) is -0.261. The number of nitrogens with zero attached hydrogens (tertiary/aromatic N) is 1. The van der Waals surface area contributed by atoms with Gasteiger partial charge < -0.3 is 105 Å². The number of phenols is 3. The molecule has 2 heterocycles. The summed E-state index contributed by atoms with van der Waals surface area (Å²) in [6.45, 7) is 3.76. The number of rotatable bonds is 22. The first-order valence-corrected chi connectivity index (χ1v) is 40.4. The number of phenolic OH excluding ortho intramolecular Hbond substituents is 3. The summed E-state index contributed by atoms with van der Waals surface area (Å²) in [6.07, 6.45) is -1.59. The molecule has 36 heteroatoms. The van der Waals surface area contributed by atoms with Crippen LogP contribution in [0.3, 0.4) is 0 Å². The Morgan fingerprint density at radius 3 is 1.44 bits per heavy atom. The summed E-state index contributed by atoms with van der Waals surface area (Å²) in [6, 6.07) is 22.4. The van der Waals surface area contributed by atoms with Gasteiger partial charge in [0, 0.05) is 74.8 Å². The smallest absolute Gasteiger partial charge is 0.303 e. The number of benzene rings is 6. The number of aliphatic hydroxyl groups is 1. The van der Waals surface area contributed by atoms with Crippen molar-refractivity contribution in [2.75, 3.05) is 38.2 Å². The minimum absolute atomic E-state index is 0.0885. The van der Waals surface area contributed by atoms with E-state index in [1.54, 1.807) is 105 Å². The summed E-state index contributed by atoms with van der Waals surface area (Å²) in [7, 11) is 1.30. The molecule has 1 aromatic heterocycles. The highest BCUT2D eigenvalue weighted by molar-refractivity contribution is 8.00. The maximum atomic E-state index is 15.6. The van der Waals surface area contributed by atoms with Crippen LogP contribution < -0.4 is 69.5 Å². The number of amides is 14. The third-order valence-corrected chi connectivity index (χ3v) is 20.8. The van der Waals surface area contributed by atoms with Crippen LogP contribution in [0.2, 0.25) is 0 Å². The van der Waals surface area contributed by atoms with Crippen molar-refractivity contribution >= 4 is 111 Å². The van der Waals surface area contributed by atoms with Gasteiger partial charge >= 0.3 is 5.97 Å². The van der Waals surface area contributed by atoms with Crippen molar-refractivity contribution in [3.05, 3.63) is 197 Å². The van der Waals surface area contributed by atoms with Crippen LogP contribution >= 0.6 is 11.8 Å². The molecule has 1 fully saturated rings. The lowest BCUT2D eigenvalue weighted by atomic mass is 9.98. The van der Waals surface area contributed by atoms with Crippen molar-refractivity contribution in [1.82, 2.24) is 73.7 Å². The molecule has 35 nitrogen and oxygen atoms in total. The molecule has 6 aromatic carbocycles. The average molecular weight is 1690 g/mol. The second-order valence-electron chi connectivity index (χ2n) is 30.1. The number of hydrogen-bond donors (Lipinski definition) is 19. The second-order valence-corrected chi connectivity index (χ2v) is 31.1. The Labute approximate surface area is 701 Å².